The first-order valence-electron chi connectivity index (χ1n) is 10.6. The van der Waals surface area contributed by atoms with Crippen LogP contribution in [0.5, 0.6) is 5.75 Å². The van der Waals surface area contributed by atoms with E-state index in [0.29, 0.717) is 33.3 Å². The molecule has 0 radical (unpaired) electrons. The summed E-state index contributed by atoms with van der Waals surface area (Å²) in [7, 11) is 1.59. The van der Waals surface area contributed by atoms with Crippen LogP contribution in [0, 0.1) is 0 Å². The number of ether oxygens (including phenoxy) is 1. The van der Waals surface area contributed by atoms with Crippen molar-refractivity contribution in [2.75, 3.05) is 18.2 Å². The lowest BCUT2D eigenvalue weighted by atomic mass is 10.1. The van der Waals surface area contributed by atoms with Gasteiger partial charge in [0.2, 0.25) is 11.8 Å². The molecular weight excluding hydrogens is 509 g/mol. The third-order valence-corrected chi connectivity index (χ3v) is 6.59. The Bertz CT molecular complexity index is 1200. The molecule has 8 nitrogen and oxygen atoms in total. The molecule has 2 aromatic carbocycles. The number of hydrogen-bond acceptors (Lipinski definition) is 6. The summed E-state index contributed by atoms with van der Waals surface area (Å²) < 4.78 is 6.97. The quantitative estimate of drug-likeness (QED) is 0.268. The number of aromatic nitrogens is 3. The zero-order chi connectivity index (χ0) is 25.4. The zero-order valence-electron chi connectivity index (χ0n) is 19.3. The molecule has 1 atom stereocenters. The van der Waals surface area contributed by atoms with Crippen LogP contribution in [0.25, 0.3) is 0 Å². The number of halogens is 2. The monoisotopic (exact) mass is 533 g/mol. The largest absolute Gasteiger partial charge is 0.497 e. The van der Waals surface area contributed by atoms with E-state index >= 15 is 0 Å². The van der Waals surface area contributed by atoms with Crippen molar-refractivity contribution in [2.45, 2.75) is 31.1 Å². The Morgan fingerprint density at radius 1 is 1.14 bits per heavy atom. The number of benzene rings is 2. The van der Waals surface area contributed by atoms with Crippen molar-refractivity contribution in [1.82, 2.24) is 20.1 Å². The van der Waals surface area contributed by atoms with Crippen molar-refractivity contribution in [2.24, 2.45) is 0 Å². The van der Waals surface area contributed by atoms with E-state index in [-0.39, 0.29) is 24.0 Å². The Morgan fingerprint density at radius 3 is 2.54 bits per heavy atom. The number of allylic oxidation sites excluding steroid dienone is 1. The fourth-order valence-corrected chi connectivity index (χ4v) is 4.27. The summed E-state index contributed by atoms with van der Waals surface area (Å²) in [5, 5.41) is 15.5. The molecule has 0 unspecified atom stereocenters. The van der Waals surface area contributed by atoms with E-state index in [4.69, 9.17) is 27.9 Å². The zero-order valence-corrected chi connectivity index (χ0v) is 21.6. The summed E-state index contributed by atoms with van der Waals surface area (Å²) in [6.45, 7) is 6.05. The molecule has 35 heavy (non-hydrogen) atoms. The van der Waals surface area contributed by atoms with E-state index < -0.39 is 6.04 Å². The first-order chi connectivity index (χ1) is 16.8. The molecule has 2 amide bonds. The highest BCUT2D eigenvalue weighted by Crippen LogP contribution is 2.26. The van der Waals surface area contributed by atoms with Crippen molar-refractivity contribution in [3.05, 3.63) is 76.6 Å². The van der Waals surface area contributed by atoms with Gasteiger partial charge in [0.1, 0.15) is 5.75 Å². The Kier molecular flexibility index (Phi) is 9.59. The molecule has 0 aliphatic carbocycles. The molecule has 184 valence electrons. The average molecular weight is 534 g/mol. The van der Waals surface area contributed by atoms with Gasteiger partial charge >= 0.3 is 0 Å². The predicted octanol–water partition coefficient (Wildman–Crippen LogP) is 4.93. The third kappa shape index (κ3) is 7.48. The van der Waals surface area contributed by atoms with E-state index in [0.717, 1.165) is 11.3 Å². The van der Waals surface area contributed by atoms with Gasteiger partial charge in [-0.15, -0.1) is 16.8 Å². The Balaban J connectivity index is 1.60. The van der Waals surface area contributed by atoms with Gasteiger partial charge in [0.25, 0.3) is 0 Å². The van der Waals surface area contributed by atoms with E-state index in [1.165, 1.54) is 11.8 Å². The van der Waals surface area contributed by atoms with Gasteiger partial charge in [-0.2, -0.15) is 0 Å². The van der Waals surface area contributed by atoms with Crippen molar-refractivity contribution in [1.29, 1.82) is 0 Å². The number of nitrogens with one attached hydrogen (secondary N) is 2. The number of carbonyl (C=O) groups is 2. The number of carbonyl (C=O) groups excluding carboxylic acids is 2. The number of methoxy groups -OCH3 is 1. The molecule has 0 aliphatic heterocycles. The van der Waals surface area contributed by atoms with Crippen molar-refractivity contribution < 1.29 is 14.3 Å². The molecule has 0 spiro atoms. The molecule has 3 rings (SSSR count). The van der Waals surface area contributed by atoms with Crippen LogP contribution >= 0.6 is 35.0 Å². The summed E-state index contributed by atoms with van der Waals surface area (Å²) in [4.78, 5) is 25.0. The summed E-state index contributed by atoms with van der Waals surface area (Å²) in [5.74, 6) is 1.03. The van der Waals surface area contributed by atoms with Crippen molar-refractivity contribution in [3.8, 4) is 5.75 Å². The minimum Gasteiger partial charge on any atom is -0.497 e. The van der Waals surface area contributed by atoms with Crippen LogP contribution in [0.1, 0.15) is 24.4 Å². The van der Waals surface area contributed by atoms with Gasteiger partial charge in [0.05, 0.1) is 35.4 Å². The first-order valence-corrected chi connectivity index (χ1v) is 12.4. The lowest BCUT2D eigenvalue weighted by Crippen LogP contribution is -2.30. The van der Waals surface area contributed by atoms with Crippen LogP contribution in [-0.4, -0.2) is 39.4 Å². The van der Waals surface area contributed by atoms with Crippen LogP contribution < -0.4 is 15.4 Å². The Hall–Kier alpha value is -3.01. The fraction of sp³-hybridized carbons (Fsp3) is 0.250. The number of thioether (sulfide) groups is 1. The van der Waals surface area contributed by atoms with Gasteiger partial charge < -0.3 is 19.9 Å². The van der Waals surface area contributed by atoms with Crippen LogP contribution in [0.2, 0.25) is 10.0 Å². The lowest BCUT2D eigenvalue weighted by Gasteiger charge is -2.15. The smallest absolute Gasteiger partial charge is 0.234 e. The molecule has 11 heteroatoms. The highest BCUT2D eigenvalue weighted by Gasteiger charge is 2.20. The van der Waals surface area contributed by atoms with E-state index in [9.17, 15) is 9.59 Å². The van der Waals surface area contributed by atoms with Gasteiger partial charge in [-0.3, -0.25) is 9.59 Å². The van der Waals surface area contributed by atoms with Crippen LogP contribution in [0.15, 0.2) is 60.3 Å². The van der Waals surface area contributed by atoms with Crippen LogP contribution in [0.4, 0.5) is 5.69 Å². The lowest BCUT2D eigenvalue weighted by molar-refractivity contribution is -0.121. The topological polar surface area (TPSA) is 98.1 Å². The van der Waals surface area contributed by atoms with E-state index in [1.54, 1.807) is 31.4 Å². The minimum absolute atomic E-state index is 0.105. The molecule has 0 aliphatic rings. The highest BCUT2D eigenvalue weighted by molar-refractivity contribution is 7.99. The summed E-state index contributed by atoms with van der Waals surface area (Å²) in [5.41, 5.74) is 1.42. The highest BCUT2D eigenvalue weighted by atomic mass is 35.5. The third-order valence-electron chi connectivity index (χ3n) is 4.88. The Morgan fingerprint density at radius 2 is 1.89 bits per heavy atom. The maximum Gasteiger partial charge on any atom is 0.234 e. The second kappa shape index (κ2) is 12.6. The average Bonchev–Trinajstić information content (AvgIpc) is 3.23. The molecule has 1 heterocycles. The predicted molar refractivity (Wildman–Crippen MR) is 139 cm³/mol. The summed E-state index contributed by atoms with van der Waals surface area (Å²) in [6.07, 6.45) is 1.93. The summed E-state index contributed by atoms with van der Waals surface area (Å²) in [6, 6.07) is 11.8. The van der Waals surface area contributed by atoms with Gasteiger partial charge in [0, 0.05) is 12.2 Å². The van der Waals surface area contributed by atoms with Gasteiger partial charge in [-0.05, 0) is 42.8 Å². The first kappa shape index (κ1) is 26.6. The number of anilines is 1. The SMILES string of the molecule is C=CCn1c(SCC(=O)Nc2ccc(Cl)c(Cl)c2)nnc1[C@@H](C)NC(=O)Cc1ccc(OC)cc1. The molecular formula is C24H25Cl2N5O3S. The molecule has 3 aromatic rings. The second-order valence-electron chi connectivity index (χ2n) is 7.52. The van der Waals surface area contributed by atoms with Crippen molar-refractivity contribution in [3.63, 3.8) is 0 Å². The number of nitrogens with zero attached hydrogens (tertiary/aromatic N) is 3. The van der Waals surface area contributed by atoms with Gasteiger partial charge in [-0.25, -0.2) is 0 Å². The maximum atomic E-state index is 12.6. The second-order valence-corrected chi connectivity index (χ2v) is 9.28. The van der Waals surface area contributed by atoms with Crippen molar-refractivity contribution >= 4 is 52.5 Å². The molecule has 0 saturated heterocycles. The molecule has 1 aromatic heterocycles. The molecule has 0 bridgehead atoms. The Labute approximate surface area is 218 Å². The number of amides is 2. The molecule has 2 N–H and O–H groups in total. The number of rotatable bonds is 11. The van der Waals surface area contributed by atoms with E-state index in [2.05, 4.69) is 27.4 Å². The number of hydrogen-bond donors (Lipinski definition) is 2. The fourth-order valence-electron chi connectivity index (χ4n) is 3.21. The maximum absolute atomic E-state index is 12.6. The molecule has 0 fully saturated rings. The standard InChI is InChI=1S/C24H25Cl2N5O3S/c1-4-11-31-23(15(2)27-21(32)12-16-5-8-18(34-3)9-6-16)29-30-24(31)35-14-22(33)28-17-7-10-19(25)20(26)13-17/h4-10,13,15H,1,11-12,14H2,2-3H3,(H,27,32)(H,28,33)/t15-/m1/s1. The molecule has 0 saturated carbocycles. The van der Waals surface area contributed by atoms with E-state index in [1.807, 2.05) is 35.8 Å². The van der Waals surface area contributed by atoms with Gasteiger partial charge in [0.15, 0.2) is 11.0 Å². The minimum atomic E-state index is -0.396. The van der Waals surface area contributed by atoms with Crippen LogP contribution in [0.3, 0.4) is 0 Å². The van der Waals surface area contributed by atoms with Crippen LogP contribution in [-0.2, 0) is 22.6 Å². The van der Waals surface area contributed by atoms with Gasteiger partial charge in [-0.1, -0.05) is 53.2 Å². The normalized spacial score (nSPS) is 11.5. The summed E-state index contributed by atoms with van der Waals surface area (Å²) >= 11 is 13.1.